The highest BCUT2D eigenvalue weighted by molar-refractivity contribution is 14.0. The van der Waals surface area contributed by atoms with Gasteiger partial charge < -0.3 is 19.7 Å². The fourth-order valence-electron chi connectivity index (χ4n) is 3.28. The Morgan fingerprint density at radius 1 is 1.38 bits per heavy atom. The van der Waals surface area contributed by atoms with Gasteiger partial charge >= 0.3 is 0 Å². The second kappa shape index (κ2) is 10.0. The minimum absolute atomic E-state index is 0. The topological polar surface area (TPSA) is 89.2 Å². The number of rotatable bonds is 4. The maximum atomic E-state index is 10.9. The van der Waals surface area contributed by atoms with Gasteiger partial charge in [0.1, 0.15) is 6.10 Å². The molecule has 2 aliphatic heterocycles. The fourth-order valence-corrected chi connectivity index (χ4v) is 3.28. The lowest BCUT2D eigenvalue weighted by atomic mass is 10.1. The Morgan fingerprint density at radius 3 is 2.88 bits per heavy atom. The van der Waals surface area contributed by atoms with Gasteiger partial charge in [-0.05, 0) is 18.4 Å². The summed E-state index contributed by atoms with van der Waals surface area (Å²) < 4.78 is 11.6. The van der Waals surface area contributed by atoms with Gasteiger partial charge in [0.2, 0.25) is 0 Å². The minimum Gasteiger partial charge on any atom is -0.375 e. The molecule has 2 aliphatic rings. The summed E-state index contributed by atoms with van der Waals surface area (Å²) in [6, 6.07) is 6.63. The first-order valence-electron chi connectivity index (χ1n) is 8.59. The summed E-state index contributed by atoms with van der Waals surface area (Å²) in [7, 11) is 1.74. The third-order valence-corrected chi connectivity index (χ3v) is 4.56. The first-order chi connectivity index (χ1) is 12.2. The molecule has 1 aromatic carbocycles. The number of nitrogens with zero attached hydrogens (tertiary/aromatic N) is 3. The Bertz CT molecular complexity index is 637. The number of benzene rings is 1. The number of nitro groups is 1. The van der Waals surface area contributed by atoms with E-state index in [2.05, 4.69) is 15.2 Å². The minimum atomic E-state index is -0.382. The summed E-state index contributed by atoms with van der Waals surface area (Å²) in [6.45, 7) is 3.43. The SMILES string of the molecule is CN=C(NCc1cccc([N+](=O)[O-])c1)N1CCOC(C2CCCO2)C1.I. The lowest BCUT2D eigenvalue weighted by Crippen LogP contribution is -2.53. The molecule has 0 aliphatic carbocycles. The van der Waals surface area contributed by atoms with Crippen molar-refractivity contribution in [1.29, 1.82) is 0 Å². The predicted molar refractivity (Wildman–Crippen MR) is 109 cm³/mol. The van der Waals surface area contributed by atoms with Crippen molar-refractivity contribution in [2.24, 2.45) is 4.99 Å². The number of non-ortho nitro benzene ring substituents is 1. The molecule has 2 unspecified atom stereocenters. The van der Waals surface area contributed by atoms with Gasteiger partial charge in [-0.1, -0.05) is 12.1 Å². The van der Waals surface area contributed by atoms with Crippen LogP contribution in [0.5, 0.6) is 0 Å². The number of hydrogen-bond acceptors (Lipinski definition) is 5. The summed E-state index contributed by atoms with van der Waals surface area (Å²) in [5.74, 6) is 0.776. The van der Waals surface area contributed by atoms with Crippen LogP contribution in [0.3, 0.4) is 0 Å². The van der Waals surface area contributed by atoms with Gasteiger partial charge in [-0.2, -0.15) is 0 Å². The van der Waals surface area contributed by atoms with Crippen LogP contribution in [0.2, 0.25) is 0 Å². The molecule has 0 saturated carbocycles. The first kappa shape index (κ1) is 20.8. The van der Waals surface area contributed by atoms with Gasteiger partial charge in [0.05, 0.1) is 17.6 Å². The van der Waals surface area contributed by atoms with E-state index in [-0.39, 0.29) is 46.8 Å². The quantitative estimate of drug-likeness (QED) is 0.236. The van der Waals surface area contributed by atoms with Crippen molar-refractivity contribution in [2.75, 3.05) is 33.4 Å². The second-order valence-corrected chi connectivity index (χ2v) is 6.23. The number of halogens is 1. The zero-order valence-electron chi connectivity index (χ0n) is 14.8. The molecule has 0 bridgehead atoms. The van der Waals surface area contributed by atoms with Crippen LogP contribution in [0.25, 0.3) is 0 Å². The monoisotopic (exact) mass is 476 g/mol. The van der Waals surface area contributed by atoms with Crippen molar-refractivity contribution in [2.45, 2.75) is 31.6 Å². The summed E-state index contributed by atoms with van der Waals surface area (Å²) in [6.07, 6.45) is 2.35. The van der Waals surface area contributed by atoms with E-state index in [1.165, 1.54) is 6.07 Å². The zero-order valence-corrected chi connectivity index (χ0v) is 17.1. The van der Waals surface area contributed by atoms with Crippen molar-refractivity contribution in [1.82, 2.24) is 10.2 Å². The average molecular weight is 476 g/mol. The molecule has 0 aromatic heterocycles. The smallest absolute Gasteiger partial charge is 0.269 e. The highest BCUT2D eigenvalue weighted by Gasteiger charge is 2.32. The molecule has 1 aromatic rings. The Kier molecular flexibility index (Phi) is 8.04. The summed E-state index contributed by atoms with van der Waals surface area (Å²) in [4.78, 5) is 17.0. The maximum absolute atomic E-state index is 10.9. The van der Waals surface area contributed by atoms with Crippen molar-refractivity contribution in [3.05, 3.63) is 39.9 Å². The molecule has 2 atom stereocenters. The number of hydrogen-bond donors (Lipinski definition) is 1. The number of nitro benzene ring substituents is 1. The molecular formula is C17H25IN4O4. The van der Waals surface area contributed by atoms with E-state index in [4.69, 9.17) is 9.47 Å². The lowest BCUT2D eigenvalue weighted by Gasteiger charge is -2.37. The fraction of sp³-hybridized carbons (Fsp3) is 0.588. The zero-order chi connectivity index (χ0) is 17.6. The molecule has 3 rings (SSSR count). The molecular weight excluding hydrogens is 451 g/mol. The van der Waals surface area contributed by atoms with E-state index in [0.717, 1.165) is 44.1 Å². The van der Waals surface area contributed by atoms with E-state index in [9.17, 15) is 10.1 Å². The average Bonchev–Trinajstić information content (AvgIpc) is 3.17. The van der Waals surface area contributed by atoms with Crippen LogP contribution >= 0.6 is 24.0 Å². The third-order valence-electron chi connectivity index (χ3n) is 4.56. The van der Waals surface area contributed by atoms with Crippen LogP contribution in [-0.4, -0.2) is 61.3 Å². The molecule has 2 saturated heterocycles. The van der Waals surface area contributed by atoms with E-state index < -0.39 is 0 Å². The van der Waals surface area contributed by atoms with Crippen LogP contribution in [0, 0.1) is 10.1 Å². The van der Waals surface area contributed by atoms with Gasteiger partial charge in [-0.15, -0.1) is 24.0 Å². The molecule has 8 nitrogen and oxygen atoms in total. The van der Waals surface area contributed by atoms with Crippen LogP contribution in [0.1, 0.15) is 18.4 Å². The number of nitrogens with one attached hydrogen (secondary N) is 1. The largest absolute Gasteiger partial charge is 0.375 e. The Balaban J connectivity index is 0.00000243. The van der Waals surface area contributed by atoms with Gasteiger partial charge in [-0.25, -0.2) is 0 Å². The third kappa shape index (κ3) is 5.27. The summed E-state index contributed by atoms with van der Waals surface area (Å²) >= 11 is 0. The Hall–Kier alpha value is -1.46. The van der Waals surface area contributed by atoms with Gasteiger partial charge in [-0.3, -0.25) is 15.1 Å². The van der Waals surface area contributed by atoms with E-state index >= 15 is 0 Å². The van der Waals surface area contributed by atoms with Crippen LogP contribution < -0.4 is 5.32 Å². The summed E-state index contributed by atoms with van der Waals surface area (Å²) in [5.41, 5.74) is 0.943. The highest BCUT2D eigenvalue weighted by atomic mass is 127. The molecule has 0 spiro atoms. The number of guanidine groups is 1. The van der Waals surface area contributed by atoms with Crippen molar-refractivity contribution in [3.63, 3.8) is 0 Å². The lowest BCUT2D eigenvalue weighted by molar-refractivity contribution is -0.384. The first-order valence-corrected chi connectivity index (χ1v) is 8.59. The number of morpholine rings is 1. The predicted octanol–water partition coefficient (Wildman–Crippen LogP) is 2.17. The van der Waals surface area contributed by atoms with Gasteiger partial charge in [0.15, 0.2) is 5.96 Å². The molecule has 144 valence electrons. The van der Waals surface area contributed by atoms with Crippen molar-refractivity contribution in [3.8, 4) is 0 Å². The normalized spacial score (nSPS) is 23.4. The Labute approximate surface area is 170 Å². The van der Waals surface area contributed by atoms with Crippen LogP contribution in [0.4, 0.5) is 5.69 Å². The highest BCUT2D eigenvalue weighted by Crippen LogP contribution is 2.21. The molecule has 0 amide bonds. The van der Waals surface area contributed by atoms with E-state index in [1.54, 1.807) is 19.2 Å². The number of aliphatic imine (C=N–C) groups is 1. The second-order valence-electron chi connectivity index (χ2n) is 6.23. The van der Waals surface area contributed by atoms with E-state index in [0.29, 0.717) is 13.2 Å². The van der Waals surface area contributed by atoms with Gasteiger partial charge in [0.25, 0.3) is 5.69 Å². The molecule has 0 radical (unpaired) electrons. The van der Waals surface area contributed by atoms with Crippen LogP contribution in [-0.2, 0) is 16.0 Å². The molecule has 1 N–H and O–H groups in total. The van der Waals surface area contributed by atoms with Gasteiger partial charge in [0, 0.05) is 45.4 Å². The molecule has 26 heavy (non-hydrogen) atoms. The van der Waals surface area contributed by atoms with Crippen LogP contribution in [0.15, 0.2) is 29.3 Å². The molecule has 2 fully saturated rings. The molecule has 9 heteroatoms. The molecule has 2 heterocycles. The summed E-state index contributed by atoms with van der Waals surface area (Å²) in [5, 5.41) is 14.2. The number of ether oxygens (including phenoxy) is 2. The van der Waals surface area contributed by atoms with E-state index in [1.807, 2.05) is 6.07 Å². The maximum Gasteiger partial charge on any atom is 0.269 e. The standard InChI is InChI=1S/C17H24N4O4.HI/c1-18-17(19-11-13-4-2-5-14(10-13)21(22)23)20-7-9-25-16(12-20)15-6-3-8-24-15;/h2,4-5,10,15-16H,3,6-9,11-12H2,1H3,(H,18,19);1H. The van der Waals surface area contributed by atoms with Crippen molar-refractivity contribution < 1.29 is 14.4 Å². The van der Waals surface area contributed by atoms with Crippen molar-refractivity contribution >= 4 is 35.6 Å². The Morgan fingerprint density at radius 2 is 2.19 bits per heavy atom.